The zero-order valence-corrected chi connectivity index (χ0v) is 10.3. The average molecular weight is 208 g/mol. The third-order valence-corrected chi connectivity index (χ3v) is 4.29. The van der Waals surface area contributed by atoms with E-state index in [9.17, 15) is 4.79 Å². The second-order valence-electron chi connectivity index (χ2n) is 5.84. The molecular formula is C13H20O2. The molecule has 0 spiro atoms. The lowest BCUT2D eigenvalue weighted by molar-refractivity contribution is -0.120. The van der Waals surface area contributed by atoms with Crippen molar-refractivity contribution in [2.75, 3.05) is 0 Å². The lowest BCUT2D eigenvalue weighted by atomic mass is 9.68. The van der Waals surface area contributed by atoms with Crippen LogP contribution >= 0.6 is 0 Å². The third kappa shape index (κ3) is 1.27. The van der Waals surface area contributed by atoms with Crippen LogP contribution in [0.3, 0.4) is 0 Å². The molecule has 0 aromatic rings. The van der Waals surface area contributed by atoms with Gasteiger partial charge in [-0.15, -0.1) is 0 Å². The number of carbonyl (C=O) groups excluding carboxylic acids is 1. The number of allylic oxidation sites excluding steroid dienone is 1. The number of ketones is 1. The highest BCUT2D eigenvalue weighted by molar-refractivity contribution is 6.00. The number of hydrogen-bond donors (Lipinski definition) is 0. The number of carbonyl (C=O) groups is 1. The van der Waals surface area contributed by atoms with Crippen molar-refractivity contribution in [3.05, 3.63) is 11.3 Å². The molecule has 2 heteroatoms. The van der Waals surface area contributed by atoms with Gasteiger partial charge in [-0.05, 0) is 20.3 Å². The van der Waals surface area contributed by atoms with E-state index in [4.69, 9.17) is 4.74 Å². The van der Waals surface area contributed by atoms with E-state index in [0.717, 1.165) is 24.2 Å². The van der Waals surface area contributed by atoms with Gasteiger partial charge >= 0.3 is 0 Å². The minimum atomic E-state index is -0.253. The molecular weight excluding hydrogens is 188 g/mol. The number of ether oxygens (including phenoxy) is 1. The van der Waals surface area contributed by atoms with Crippen LogP contribution in [-0.2, 0) is 9.53 Å². The zero-order valence-electron chi connectivity index (χ0n) is 10.3. The molecule has 0 aromatic carbocycles. The Kier molecular flexibility index (Phi) is 2.05. The highest BCUT2D eigenvalue weighted by atomic mass is 16.5. The van der Waals surface area contributed by atoms with Crippen molar-refractivity contribution < 1.29 is 9.53 Å². The van der Waals surface area contributed by atoms with E-state index in [-0.39, 0.29) is 16.9 Å². The summed E-state index contributed by atoms with van der Waals surface area (Å²) in [5.41, 5.74) is 0.539. The molecule has 2 aliphatic rings. The van der Waals surface area contributed by atoms with E-state index in [0.29, 0.717) is 5.78 Å². The summed E-state index contributed by atoms with van der Waals surface area (Å²) < 4.78 is 5.95. The van der Waals surface area contributed by atoms with Crippen molar-refractivity contribution in [3.63, 3.8) is 0 Å². The first-order valence-electron chi connectivity index (χ1n) is 5.74. The van der Waals surface area contributed by atoms with Gasteiger partial charge in [0.1, 0.15) is 11.4 Å². The Labute approximate surface area is 91.7 Å². The molecule has 0 N–H and O–H groups in total. The maximum Gasteiger partial charge on any atom is 0.165 e. The maximum atomic E-state index is 12.2. The van der Waals surface area contributed by atoms with Crippen LogP contribution in [0.4, 0.5) is 0 Å². The molecule has 0 radical (unpaired) electrons. The molecule has 0 saturated carbocycles. The fourth-order valence-electron chi connectivity index (χ4n) is 2.48. The SMILES string of the molecule is CC1CCC2=C(C1=O)C(C)(C)C(C)(C)O2. The van der Waals surface area contributed by atoms with E-state index in [2.05, 4.69) is 27.7 Å². The Bertz CT molecular complexity index is 348. The summed E-state index contributed by atoms with van der Waals surface area (Å²) in [5, 5.41) is 0. The summed E-state index contributed by atoms with van der Waals surface area (Å²) in [7, 11) is 0. The van der Waals surface area contributed by atoms with Crippen molar-refractivity contribution in [1.82, 2.24) is 0 Å². The second kappa shape index (κ2) is 2.87. The molecule has 1 aliphatic heterocycles. The van der Waals surface area contributed by atoms with Crippen molar-refractivity contribution >= 4 is 5.78 Å². The average Bonchev–Trinajstić information content (AvgIpc) is 2.27. The van der Waals surface area contributed by atoms with Gasteiger partial charge in [-0.3, -0.25) is 4.79 Å². The molecule has 15 heavy (non-hydrogen) atoms. The zero-order chi connectivity index (χ0) is 11.4. The number of hydrogen-bond acceptors (Lipinski definition) is 2. The van der Waals surface area contributed by atoms with E-state index >= 15 is 0 Å². The summed E-state index contributed by atoms with van der Waals surface area (Å²) in [6, 6.07) is 0. The van der Waals surface area contributed by atoms with Crippen LogP contribution in [0.1, 0.15) is 47.5 Å². The number of rotatable bonds is 0. The van der Waals surface area contributed by atoms with Gasteiger partial charge in [0, 0.05) is 23.3 Å². The molecule has 0 aromatic heterocycles. The van der Waals surface area contributed by atoms with Crippen molar-refractivity contribution in [2.45, 2.75) is 53.1 Å². The Morgan fingerprint density at radius 3 is 2.47 bits per heavy atom. The first kappa shape index (κ1) is 10.7. The minimum absolute atomic E-state index is 0.159. The Morgan fingerprint density at radius 2 is 1.87 bits per heavy atom. The predicted molar refractivity (Wildman–Crippen MR) is 59.4 cm³/mol. The Balaban J connectivity index is 2.48. The fourth-order valence-corrected chi connectivity index (χ4v) is 2.48. The highest BCUT2D eigenvalue weighted by Crippen LogP contribution is 2.52. The van der Waals surface area contributed by atoms with Gasteiger partial charge in [-0.1, -0.05) is 20.8 Å². The monoisotopic (exact) mass is 208 g/mol. The molecule has 1 heterocycles. The Morgan fingerprint density at radius 1 is 1.27 bits per heavy atom. The largest absolute Gasteiger partial charge is 0.491 e. The van der Waals surface area contributed by atoms with E-state index in [1.54, 1.807) is 0 Å². The van der Waals surface area contributed by atoms with Crippen molar-refractivity contribution in [3.8, 4) is 0 Å². The summed E-state index contributed by atoms with van der Waals surface area (Å²) in [5.74, 6) is 1.42. The fraction of sp³-hybridized carbons (Fsp3) is 0.769. The van der Waals surface area contributed by atoms with Gasteiger partial charge in [-0.25, -0.2) is 0 Å². The van der Waals surface area contributed by atoms with Gasteiger partial charge in [0.25, 0.3) is 0 Å². The number of Topliss-reactive ketones (excluding diaryl/α,β-unsaturated/α-hetero) is 1. The summed E-state index contributed by atoms with van der Waals surface area (Å²) >= 11 is 0. The molecule has 0 saturated heterocycles. The van der Waals surface area contributed by atoms with Crippen LogP contribution in [0.5, 0.6) is 0 Å². The quantitative estimate of drug-likeness (QED) is 0.611. The molecule has 0 fully saturated rings. The highest BCUT2D eigenvalue weighted by Gasteiger charge is 2.53. The van der Waals surface area contributed by atoms with Crippen molar-refractivity contribution in [1.29, 1.82) is 0 Å². The minimum Gasteiger partial charge on any atom is -0.491 e. The summed E-state index contributed by atoms with van der Waals surface area (Å²) in [4.78, 5) is 12.2. The van der Waals surface area contributed by atoms with Crippen LogP contribution in [0.2, 0.25) is 0 Å². The smallest absolute Gasteiger partial charge is 0.165 e. The van der Waals surface area contributed by atoms with Crippen LogP contribution < -0.4 is 0 Å². The first-order chi connectivity index (χ1) is 6.77. The molecule has 0 amide bonds. The molecule has 2 nitrogen and oxygen atoms in total. The maximum absolute atomic E-state index is 12.2. The van der Waals surface area contributed by atoms with E-state index < -0.39 is 0 Å². The van der Waals surface area contributed by atoms with Crippen LogP contribution in [0.15, 0.2) is 11.3 Å². The Hall–Kier alpha value is -0.790. The standard InChI is InChI=1S/C13H20O2/c1-8-6-7-9-10(11(8)14)12(2,3)13(4,5)15-9/h8H,6-7H2,1-5H3. The van der Waals surface area contributed by atoms with Gasteiger partial charge in [0.15, 0.2) is 5.78 Å². The summed E-state index contributed by atoms with van der Waals surface area (Å²) in [6.07, 6.45) is 1.86. The lowest BCUT2D eigenvalue weighted by Crippen LogP contribution is -2.39. The summed E-state index contributed by atoms with van der Waals surface area (Å²) in [6.45, 7) is 10.4. The van der Waals surface area contributed by atoms with Crippen LogP contribution in [-0.4, -0.2) is 11.4 Å². The van der Waals surface area contributed by atoms with Gasteiger partial charge in [0.05, 0.1) is 0 Å². The van der Waals surface area contributed by atoms with Gasteiger partial charge in [0.2, 0.25) is 0 Å². The van der Waals surface area contributed by atoms with Gasteiger partial charge < -0.3 is 4.74 Å². The topological polar surface area (TPSA) is 26.3 Å². The third-order valence-electron chi connectivity index (χ3n) is 4.29. The molecule has 1 atom stereocenters. The molecule has 0 bridgehead atoms. The van der Waals surface area contributed by atoms with Crippen LogP contribution in [0.25, 0.3) is 0 Å². The molecule has 1 unspecified atom stereocenters. The molecule has 2 rings (SSSR count). The normalized spacial score (nSPS) is 32.6. The van der Waals surface area contributed by atoms with Gasteiger partial charge in [-0.2, -0.15) is 0 Å². The first-order valence-corrected chi connectivity index (χ1v) is 5.74. The predicted octanol–water partition coefficient (Wildman–Crippen LogP) is 3.07. The van der Waals surface area contributed by atoms with Crippen molar-refractivity contribution in [2.24, 2.45) is 11.3 Å². The van der Waals surface area contributed by atoms with Crippen LogP contribution in [0, 0.1) is 11.3 Å². The van der Waals surface area contributed by atoms with E-state index in [1.165, 1.54) is 0 Å². The lowest BCUT2D eigenvalue weighted by Gasteiger charge is -2.35. The molecule has 84 valence electrons. The van der Waals surface area contributed by atoms with E-state index in [1.807, 2.05) is 6.92 Å². The molecule has 1 aliphatic carbocycles. The second-order valence-corrected chi connectivity index (χ2v) is 5.84.